The molecule has 0 radical (unpaired) electrons. The molecule has 0 unspecified atom stereocenters. The van der Waals surface area contributed by atoms with Crippen LogP contribution in [0, 0.1) is 0 Å². The van der Waals surface area contributed by atoms with Gasteiger partial charge in [-0.2, -0.15) is 4.98 Å². The highest BCUT2D eigenvalue weighted by atomic mass is 16.5. The summed E-state index contributed by atoms with van der Waals surface area (Å²) in [6.45, 7) is 1.61. The van der Waals surface area contributed by atoms with E-state index in [1.54, 1.807) is 0 Å². The van der Waals surface area contributed by atoms with Gasteiger partial charge in [0.1, 0.15) is 0 Å². The van der Waals surface area contributed by atoms with Gasteiger partial charge in [-0.1, -0.05) is 12.1 Å². The van der Waals surface area contributed by atoms with Crippen LogP contribution >= 0.6 is 0 Å². The maximum atomic E-state index is 5.69. The lowest BCUT2D eigenvalue weighted by Crippen LogP contribution is -2.16. The normalized spacial score (nSPS) is 11.1. The molecule has 0 saturated carbocycles. The minimum atomic E-state index is 0.247. The lowest BCUT2D eigenvalue weighted by atomic mass is 10.2. The third-order valence-corrected chi connectivity index (χ3v) is 2.57. The van der Waals surface area contributed by atoms with Crippen molar-refractivity contribution in [3.8, 4) is 5.88 Å². The van der Waals surface area contributed by atoms with Crippen molar-refractivity contribution >= 4 is 16.9 Å². The fourth-order valence-electron chi connectivity index (χ4n) is 1.72. The second-order valence-electron chi connectivity index (χ2n) is 4.41. The number of nitrogen functional groups attached to an aromatic ring is 1. The summed E-state index contributed by atoms with van der Waals surface area (Å²) in [5.74, 6) is 0.813. The van der Waals surface area contributed by atoms with Gasteiger partial charge in [-0.15, -0.1) is 0 Å². The van der Waals surface area contributed by atoms with E-state index in [1.807, 2.05) is 38.4 Å². The van der Waals surface area contributed by atoms with Crippen molar-refractivity contribution < 1.29 is 4.74 Å². The van der Waals surface area contributed by atoms with Gasteiger partial charge in [0.2, 0.25) is 11.8 Å². The van der Waals surface area contributed by atoms with E-state index < -0.39 is 0 Å². The molecule has 1 aromatic carbocycles. The number of nitrogens with zero attached hydrogens (tertiary/aromatic N) is 3. The predicted molar refractivity (Wildman–Crippen MR) is 72.6 cm³/mol. The van der Waals surface area contributed by atoms with Gasteiger partial charge < -0.3 is 15.4 Å². The summed E-state index contributed by atoms with van der Waals surface area (Å²) in [4.78, 5) is 10.4. The summed E-state index contributed by atoms with van der Waals surface area (Å²) < 4.78 is 5.69. The second kappa shape index (κ2) is 5.64. The first kappa shape index (κ1) is 12.6. The number of aromatic nitrogens is 2. The van der Waals surface area contributed by atoms with E-state index in [2.05, 4.69) is 14.9 Å². The van der Waals surface area contributed by atoms with Crippen LogP contribution in [0.25, 0.3) is 10.9 Å². The van der Waals surface area contributed by atoms with Crippen LogP contribution < -0.4 is 10.5 Å². The Morgan fingerprint density at radius 1 is 1.22 bits per heavy atom. The second-order valence-corrected chi connectivity index (χ2v) is 4.41. The van der Waals surface area contributed by atoms with Crippen LogP contribution in [-0.4, -0.2) is 42.1 Å². The zero-order valence-corrected chi connectivity index (χ0v) is 10.8. The Labute approximate surface area is 107 Å². The molecule has 96 valence electrons. The molecule has 2 rings (SSSR count). The third-order valence-electron chi connectivity index (χ3n) is 2.57. The molecule has 0 spiro atoms. The summed E-state index contributed by atoms with van der Waals surface area (Å²) in [5, 5.41) is 0.900. The molecule has 2 aromatic rings. The minimum Gasteiger partial charge on any atom is -0.477 e. The minimum absolute atomic E-state index is 0.247. The molecule has 5 heteroatoms. The van der Waals surface area contributed by atoms with Crippen LogP contribution in [0.15, 0.2) is 24.3 Å². The number of fused-ring (bicyclic) bond motifs is 1. The molecule has 1 aromatic heterocycles. The highest BCUT2D eigenvalue weighted by Crippen LogP contribution is 2.22. The van der Waals surface area contributed by atoms with Gasteiger partial charge in [0.05, 0.1) is 17.5 Å². The molecule has 1 heterocycles. The topological polar surface area (TPSA) is 64.3 Å². The van der Waals surface area contributed by atoms with Gasteiger partial charge in [0.25, 0.3) is 0 Å². The number of nitrogens with two attached hydrogens (primary N) is 1. The first-order valence-electron chi connectivity index (χ1n) is 5.96. The molecule has 0 saturated heterocycles. The molecule has 0 aliphatic carbocycles. The molecule has 18 heavy (non-hydrogen) atoms. The molecule has 2 N–H and O–H groups in total. The van der Waals surface area contributed by atoms with Crippen LogP contribution in [0.2, 0.25) is 0 Å². The SMILES string of the molecule is CN(C)CCCOc1nc(N)nc2ccccc12. The Hall–Kier alpha value is -1.88. The van der Waals surface area contributed by atoms with Gasteiger partial charge in [0.15, 0.2) is 0 Å². The summed E-state index contributed by atoms with van der Waals surface area (Å²) in [6, 6.07) is 7.70. The van der Waals surface area contributed by atoms with Crippen LogP contribution in [0.5, 0.6) is 5.88 Å². The number of rotatable bonds is 5. The summed E-state index contributed by atoms with van der Waals surface area (Å²) in [6.07, 6.45) is 0.950. The summed E-state index contributed by atoms with van der Waals surface area (Å²) in [5.41, 5.74) is 6.48. The zero-order chi connectivity index (χ0) is 13.0. The van der Waals surface area contributed by atoms with Gasteiger partial charge in [0, 0.05) is 6.54 Å². The molecule has 5 nitrogen and oxygen atoms in total. The van der Waals surface area contributed by atoms with Crippen molar-refractivity contribution in [1.82, 2.24) is 14.9 Å². The maximum Gasteiger partial charge on any atom is 0.226 e. The van der Waals surface area contributed by atoms with Crippen molar-refractivity contribution in [2.45, 2.75) is 6.42 Å². The quantitative estimate of drug-likeness (QED) is 0.811. The van der Waals surface area contributed by atoms with E-state index in [0.29, 0.717) is 12.5 Å². The number of anilines is 1. The van der Waals surface area contributed by atoms with E-state index in [4.69, 9.17) is 10.5 Å². The Kier molecular flexibility index (Phi) is 3.94. The average Bonchev–Trinajstić information content (AvgIpc) is 2.34. The largest absolute Gasteiger partial charge is 0.477 e. The van der Waals surface area contributed by atoms with Crippen LogP contribution in [0.3, 0.4) is 0 Å². The molecule has 0 bridgehead atoms. The molecule has 0 aliphatic heterocycles. The number of ether oxygens (including phenoxy) is 1. The highest BCUT2D eigenvalue weighted by molar-refractivity contribution is 5.84. The monoisotopic (exact) mass is 246 g/mol. The van der Waals surface area contributed by atoms with Crippen molar-refractivity contribution in [3.05, 3.63) is 24.3 Å². The van der Waals surface area contributed by atoms with E-state index >= 15 is 0 Å². The molecular formula is C13H18N4O. The average molecular weight is 246 g/mol. The molecule has 0 atom stereocenters. The Bertz CT molecular complexity index is 527. The third kappa shape index (κ3) is 3.07. The molecule has 0 fully saturated rings. The number of benzene rings is 1. The summed E-state index contributed by atoms with van der Waals surface area (Å²) >= 11 is 0. The van der Waals surface area contributed by atoms with E-state index in [9.17, 15) is 0 Å². The van der Waals surface area contributed by atoms with Gasteiger partial charge >= 0.3 is 0 Å². The number of hydrogen-bond acceptors (Lipinski definition) is 5. The zero-order valence-electron chi connectivity index (χ0n) is 10.8. The number of hydrogen-bond donors (Lipinski definition) is 1. The van der Waals surface area contributed by atoms with Crippen molar-refractivity contribution in [2.75, 3.05) is 33.0 Å². The van der Waals surface area contributed by atoms with E-state index in [0.717, 1.165) is 23.9 Å². The lowest BCUT2D eigenvalue weighted by Gasteiger charge is -2.11. The lowest BCUT2D eigenvalue weighted by molar-refractivity contribution is 0.276. The fourth-order valence-corrected chi connectivity index (χ4v) is 1.72. The predicted octanol–water partition coefficient (Wildman–Crippen LogP) is 1.54. The maximum absolute atomic E-state index is 5.69. The Balaban J connectivity index is 2.12. The smallest absolute Gasteiger partial charge is 0.226 e. The molecule has 0 aliphatic rings. The Morgan fingerprint density at radius 2 is 2.00 bits per heavy atom. The molecule has 0 amide bonds. The van der Waals surface area contributed by atoms with Crippen LogP contribution in [0.4, 0.5) is 5.95 Å². The Morgan fingerprint density at radius 3 is 2.78 bits per heavy atom. The van der Waals surface area contributed by atoms with Gasteiger partial charge in [-0.25, -0.2) is 4.98 Å². The van der Waals surface area contributed by atoms with Crippen LogP contribution in [0.1, 0.15) is 6.42 Å². The fraction of sp³-hybridized carbons (Fsp3) is 0.385. The number of para-hydroxylation sites is 1. The van der Waals surface area contributed by atoms with Gasteiger partial charge in [-0.05, 0) is 32.6 Å². The highest BCUT2D eigenvalue weighted by Gasteiger charge is 2.06. The van der Waals surface area contributed by atoms with Crippen molar-refractivity contribution in [2.24, 2.45) is 0 Å². The van der Waals surface area contributed by atoms with E-state index in [1.165, 1.54) is 0 Å². The van der Waals surface area contributed by atoms with Crippen molar-refractivity contribution in [3.63, 3.8) is 0 Å². The summed E-state index contributed by atoms with van der Waals surface area (Å²) in [7, 11) is 4.08. The van der Waals surface area contributed by atoms with Gasteiger partial charge in [-0.3, -0.25) is 0 Å². The van der Waals surface area contributed by atoms with E-state index in [-0.39, 0.29) is 5.95 Å². The van der Waals surface area contributed by atoms with Crippen molar-refractivity contribution in [1.29, 1.82) is 0 Å². The standard InChI is InChI=1S/C13H18N4O/c1-17(2)8-5-9-18-12-10-6-3-4-7-11(10)15-13(14)16-12/h3-4,6-7H,5,8-9H2,1-2H3,(H2,14,15,16). The first-order chi connectivity index (χ1) is 8.66. The first-order valence-corrected chi connectivity index (χ1v) is 5.96. The van der Waals surface area contributed by atoms with Crippen LogP contribution in [-0.2, 0) is 0 Å². The molecular weight excluding hydrogens is 228 g/mol.